The molecule has 2 atom stereocenters. The van der Waals surface area contributed by atoms with Crippen LogP contribution in [-0.2, 0) is 4.43 Å². The van der Waals surface area contributed by atoms with Gasteiger partial charge >= 0.3 is 0 Å². The van der Waals surface area contributed by atoms with Crippen LogP contribution in [0.25, 0.3) is 0 Å². The fraction of sp³-hybridized carbons (Fsp3) is 0.538. The van der Waals surface area contributed by atoms with E-state index in [4.69, 9.17) is 4.43 Å². The second-order valence-corrected chi connectivity index (χ2v) is 21.2. The van der Waals surface area contributed by atoms with Crippen molar-refractivity contribution in [3.8, 4) is 0 Å². The van der Waals surface area contributed by atoms with Crippen LogP contribution in [0.5, 0.6) is 0 Å². The van der Waals surface area contributed by atoms with Crippen molar-refractivity contribution in [3.63, 3.8) is 0 Å². The zero-order valence-electron chi connectivity index (χ0n) is 20.5. The smallest absolute Gasteiger partial charge is 0.261 e. The van der Waals surface area contributed by atoms with Crippen LogP contribution < -0.4 is 10.4 Å². The average molecular weight is 443 g/mol. The third-order valence-corrected chi connectivity index (χ3v) is 18.0. The Labute approximate surface area is 186 Å². The van der Waals surface area contributed by atoms with Crippen LogP contribution in [0, 0.1) is 0 Å². The van der Waals surface area contributed by atoms with Gasteiger partial charge in [0.2, 0.25) is 0 Å². The number of rotatable bonds is 7. The highest BCUT2D eigenvalue weighted by molar-refractivity contribution is 6.99. The first-order valence-electron chi connectivity index (χ1n) is 11.2. The summed E-state index contributed by atoms with van der Waals surface area (Å²) in [6.07, 6.45) is 0.654. The Morgan fingerprint density at radius 3 is 1.50 bits per heavy atom. The first kappa shape index (κ1) is 25.1. The van der Waals surface area contributed by atoms with E-state index in [1.807, 2.05) is 0 Å². The number of aliphatic hydroxyl groups is 1. The Balaban J connectivity index is 2.49. The van der Waals surface area contributed by atoms with Crippen molar-refractivity contribution < 1.29 is 9.53 Å². The van der Waals surface area contributed by atoms with Crippen LogP contribution in [0.2, 0.25) is 23.2 Å². The fourth-order valence-corrected chi connectivity index (χ4v) is 10.8. The van der Waals surface area contributed by atoms with Crippen molar-refractivity contribution in [2.75, 3.05) is 0 Å². The van der Waals surface area contributed by atoms with Crippen molar-refractivity contribution in [1.82, 2.24) is 0 Å². The van der Waals surface area contributed by atoms with Crippen LogP contribution >= 0.6 is 0 Å². The number of benzene rings is 2. The number of hydrogen-bond donors (Lipinski definition) is 1. The second-order valence-electron chi connectivity index (χ2n) is 11.3. The SMILES string of the molecule is C[C@H](C[C@@H](O)[Si](C)(C)C(C)(C)C)O[Si](c1ccccc1)(c1ccccc1)C(C)(C)C. The van der Waals surface area contributed by atoms with E-state index in [0.29, 0.717) is 6.42 Å². The van der Waals surface area contributed by atoms with Crippen molar-refractivity contribution >= 4 is 26.8 Å². The summed E-state index contributed by atoms with van der Waals surface area (Å²) in [6.45, 7) is 20.4. The molecule has 30 heavy (non-hydrogen) atoms. The maximum absolute atomic E-state index is 11.2. The van der Waals surface area contributed by atoms with Crippen LogP contribution in [0.3, 0.4) is 0 Å². The molecule has 2 aromatic rings. The molecule has 0 aliphatic rings. The Morgan fingerprint density at radius 2 is 1.17 bits per heavy atom. The molecule has 1 N–H and O–H groups in total. The van der Waals surface area contributed by atoms with E-state index in [-0.39, 0.29) is 21.9 Å². The summed E-state index contributed by atoms with van der Waals surface area (Å²) in [7, 11) is -4.44. The van der Waals surface area contributed by atoms with Gasteiger partial charge in [-0.15, -0.1) is 0 Å². The summed E-state index contributed by atoms with van der Waals surface area (Å²) in [5, 5.41) is 13.9. The molecule has 0 aliphatic carbocycles. The molecule has 0 spiro atoms. The monoisotopic (exact) mass is 442 g/mol. The highest BCUT2D eigenvalue weighted by Gasteiger charge is 2.51. The minimum atomic E-state index is -2.58. The fourth-order valence-electron chi connectivity index (χ4n) is 4.15. The topological polar surface area (TPSA) is 29.5 Å². The van der Waals surface area contributed by atoms with Gasteiger partial charge in [-0.1, -0.05) is 115 Å². The first-order valence-corrected chi connectivity index (χ1v) is 16.2. The quantitative estimate of drug-likeness (QED) is 0.553. The minimum absolute atomic E-state index is 0.0274. The molecule has 0 radical (unpaired) electrons. The lowest BCUT2D eigenvalue weighted by Gasteiger charge is -2.46. The molecule has 2 rings (SSSR count). The predicted octanol–water partition coefficient (Wildman–Crippen LogP) is 5.75. The van der Waals surface area contributed by atoms with Gasteiger partial charge in [0.15, 0.2) is 0 Å². The Bertz CT molecular complexity index is 750. The van der Waals surface area contributed by atoms with Gasteiger partial charge in [0.25, 0.3) is 8.32 Å². The maximum atomic E-state index is 11.2. The molecule has 4 heteroatoms. The van der Waals surface area contributed by atoms with Gasteiger partial charge in [-0.2, -0.15) is 0 Å². The standard InChI is InChI=1S/C26H42O2Si2/c1-21(20-24(27)29(8,9)25(2,3)4)28-30(26(5,6)7,22-16-12-10-13-17-22)23-18-14-11-15-19-23/h10-19,21,24,27H,20H2,1-9H3/t21-,24+/m1/s1. The van der Waals surface area contributed by atoms with Crippen molar-refractivity contribution in [1.29, 1.82) is 0 Å². The number of hydrogen-bond acceptors (Lipinski definition) is 2. The Kier molecular flexibility index (Phi) is 7.61. The zero-order chi connectivity index (χ0) is 22.8. The molecule has 0 amide bonds. The van der Waals surface area contributed by atoms with Crippen molar-refractivity contribution in [2.24, 2.45) is 0 Å². The minimum Gasteiger partial charge on any atom is -0.405 e. The van der Waals surface area contributed by atoms with Crippen LogP contribution in [0.15, 0.2) is 60.7 Å². The van der Waals surface area contributed by atoms with E-state index in [1.54, 1.807) is 0 Å². The third-order valence-electron chi connectivity index (χ3n) is 7.12. The molecule has 2 nitrogen and oxygen atoms in total. The van der Waals surface area contributed by atoms with E-state index < -0.39 is 16.4 Å². The molecule has 0 saturated heterocycles. The molecule has 0 aliphatic heterocycles. The molecule has 0 saturated carbocycles. The van der Waals surface area contributed by atoms with Gasteiger partial charge in [0.1, 0.15) is 0 Å². The summed E-state index contributed by atoms with van der Waals surface area (Å²) < 4.78 is 7.15. The lowest BCUT2D eigenvalue weighted by Crippen LogP contribution is -2.67. The molecule has 2 aromatic carbocycles. The molecular weight excluding hydrogens is 400 g/mol. The second kappa shape index (κ2) is 9.11. The van der Waals surface area contributed by atoms with Crippen LogP contribution in [-0.4, -0.2) is 33.3 Å². The molecule has 166 valence electrons. The van der Waals surface area contributed by atoms with E-state index >= 15 is 0 Å². The van der Waals surface area contributed by atoms with Gasteiger partial charge in [-0.05, 0) is 33.8 Å². The molecule has 0 heterocycles. The van der Waals surface area contributed by atoms with Crippen LogP contribution in [0.1, 0.15) is 54.9 Å². The van der Waals surface area contributed by atoms with E-state index in [2.05, 4.69) is 122 Å². The molecule has 0 fully saturated rings. The highest BCUT2D eigenvalue weighted by Crippen LogP contribution is 2.41. The molecule has 0 bridgehead atoms. The average Bonchev–Trinajstić information content (AvgIpc) is 2.65. The van der Waals surface area contributed by atoms with Gasteiger partial charge in [0, 0.05) is 11.8 Å². The van der Waals surface area contributed by atoms with Gasteiger partial charge < -0.3 is 9.53 Å². The number of aliphatic hydroxyl groups excluding tert-OH is 1. The largest absolute Gasteiger partial charge is 0.405 e. The van der Waals surface area contributed by atoms with Crippen molar-refractivity contribution in [3.05, 3.63) is 60.7 Å². The third kappa shape index (κ3) is 4.99. The lowest BCUT2D eigenvalue weighted by molar-refractivity contribution is 0.133. The lowest BCUT2D eigenvalue weighted by atomic mass is 10.2. The summed E-state index contributed by atoms with van der Waals surface area (Å²) in [6, 6.07) is 21.5. The van der Waals surface area contributed by atoms with Gasteiger partial charge in [-0.3, -0.25) is 0 Å². The van der Waals surface area contributed by atoms with E-state index in [1.165, 1.54) is 10.4 Å². The van der Waals surface area contributed by atoms with E-state index in [0.717, 1.165) is 0 Å². The Hall–Kier alpha value is -1.21. The highest BCUT2D eigenvalue weighted by atomic mass is 28.4. The normalized spacial score (nSPS) is 15.7. The molecule has 0 unspecified atom stereocenters. The molecular formula is C26H42O2Si2. The first-order chi connectivity index (χ1) is 13.7. The summed E-state index contributed by atoms with van der Waals surface area (Å²) >= 11 is 0. The van der Waals surface area contributed by atoms with E-state index in [9.17, 15) is 5.11 Å². The van der Waals surface area contributed by atoms with Gasteiger partial charge in [0.05, 0.1) is 8.07 Å². The zero-order valence-corrected chi connectivity index (χ0v) is 22.5. The predicted molar refractivity (Wildman–Crippen MR) is 136 cm³/mol. The summed E-state index contributed by atoms with van der Waals surface area (Å²) in [4.78, 5) is 0. The van der Waals surface area contributed by atoms with Crippen molar-refractivity contribution in [2.45, 2.75) is 89.9 Å². The maximum Gasteiger partial charge on any atom is 0.261 e. The summed E-state index contributed by atoms with van der Waals surface area (Å²) in [5.41, 5.74) is -0.300. The Morgan fingerprint density at radius 1 is 0.767 bits per heavy atom. The van der Waals surface area contributed by atoms with Gasteiger partial charge in [-0.25, -0.2) is 0 Å². The summed E-state index contributed by atoms with van der Waals surface area (Å²) in [5.74, 6) is 0. The molecule has 0 aromatic heterocycles. The van der Waals surface area contributed by atoms with Crippen LogP contribution in [0.4, 0.5) is 0 Å².